The van der Waals surface area contributed by atoms with Crippen LogP contribution in [0.25, 0.3) is 16.8 Å². The van der Waals surface area contributed by atoms with E-state index in [0.717, 1.165) is 22.5 Å². The van der Waals surface area contributed by atoms with Crippen molar-refractivity contribution in [2.75, 3.05) is 14.1 Å². The van der Waals surface area contributed by atoms with E-state index in [2.05, 4.69) is 11.2 Å². The highest BCUT2D eigenvalue weighted by Gasteiger charge is 2.09. The second-order valence-corrected chi connectivity index (χ2v) is 5.80. The molecule has 0 spiro atoms. The molecule has 0 radical (unpaired) electrons. The zero-order chi connectivity index (χ0) is 17.0. The first-order valence-corrected chi connectivity index (χ1v) is 7.57. The minimum absolute atomic E-state index is 0.0176. The molecule has 1 aromatic carbocycles. The van der Waals surface area contributed by atoms with E-state index in [4.69, 9.17) is 0 Å². The molecule has 0 unspecified atom stereocenters. The molecule has 2 rings (SSSR count). The first-order valence-electron chi connectivity index (χ1n) is 7.57. The van der Waals surface area contributed by atoms with Gasteiger partial charge >= 0.3 is 0 Å². The molecular weight excluding hydrogens is 286 g/mol. The van der Waals surface area contributed by atoms with Crippen LogP contribution in [0.1, 0.15) is 19.5 Å². The van der Waals surface area contributed by atoms with Crippen LogP contribution in [-0.4, -0.2) is 34.7 Å². The van der Waals surface area contributed by atoms with Crippen LogP contribution >= 0.6 is 0 Å². The minimum atomic E-state index is 0.0176. The lowest BCUT2D eigenvalue weighted by atomic mass is 10.1. The normalized spacial score (nSPS) is 12.4. The molecule has 0 saturated heterocycles. The second-order valence-electron chi connectivity index (χ2n) is 5.80. The van der Waals surface area contributed by atoms with E-state index in [1.807, 2.05) is 68.1 Å². The van der Waals surface area contributed by atoms with Gasteiger partial charge in [0.25, 0.3) is 0 Å². The van der Waals surface area contributed by atoms with Gasteiger partial charge in [-0.2, -0.15) is 5.10 Å². The molecule has 2 aromatic rings. The van der Waals surface area contributed by atoms with Gasteiger partial charge in [-0.1, -0.05) is 42.5 Å². The fourth-order valence-corrected chi connectivity index (χ4v) is 2.35. The van der Waals surface area contributed by atoms with Gasteiger partial charge in [0.05, 0.1) is 11.4 Å². The van der Waals surface area contributed by atoms with Crippen LogP contribution in [0.4, 0.5) is 0 Å². The van der Waals surface area contributed by atoms with Crippen molar-refractivity contribution in [3.05, 3.63) is 59.8 Å². The van der Waals surface area contributed by atoms with Gasteiger partial charge in [0, 0.05) is 32.3 Å². The lowest BCUT2D eigenvalue weighted by molar-refractivity contribution is -0.124. The van der Waals surface area contributed by atoms with Gasteiger partial charge < -0.3 is 4.90 Å². The molecule has 1 aromatic heterocycles. The van der Waals surface area contributed by atoms with Gasteiger partial charge in [0.2, 0.25) is 5.91 Å². The first kappa shape index (κ1) is 16.7. The molecular formula is C19H23N3O. The molecule has 120 valence electrons. The molecule has 23 heavy (non-hydrogen) atoms. The third-order valence-corrected chi connectivity index (χ3v) is 3.68. The molecule has 4 heteroatoms. The standard InChI is InChI=1S/C19H23N3O/c1-14(11-12-15(2)19(23)21(3)4)18-13-17(20-22(18)5)16-9-7-6-8-10-16/h6-13H,1-5H3/b14-11+,15-12+. The van der Waals surface area contributed by atoms with Crippen LogP contribution in [0.3, 0.4) is 0 Å². The van der Waals surface area contributed by atoms with E-state index in [0.29, 0.717) is 5.57 Å². The average molecular weight is 309 g/mol. The number of carbonyl (C=O) groups excluding carboxylic acids is 1. The highest BCUT2D eigenvalue weighted by molar-refractivity contribution is 5.93. The van der Waals surface area contributed by atoms with Crippen LogP contribution in [-0.2, 0) is 11.8 Å². The van der Waals surface area contributed by atoms with E-state index < -0.39 is 0 Å². The second kappa shape index (κ2) is 7.09. The van der Waals surface area contributed by atoms with Crippen molar-refractivity contribution in [1.82, 2.24) is 14.7 Å². The highest BCUT2D eigenvalue weighted by atomic mass is 16.2. The Kier molecular flexibility index (Phi) is 5.16. The summed E-state index contributed by atoms with van der Waals surface area (Å²) in [5.41, 5.74) is 4.84. The number of hydrogen-bond donors (Lipinski definition) is 0. The number of nitrogens with zero attached hydrogens (tertiary/aromatic N) is 3. The number of allylic oxidation sites excluding steroid dienone is 3. The Morgan fingerprint density at radius 3 is 2.39 bits per heavy atom. The van der Waals surface area contributed by atoms with Crippen LogP contribution in [0.2, 0.25) is 0 Å². The number of aromatic nitrogens is 2. The zero-order valence-corrected chi connectivity index (χ0v) is 14.4. The molecule has 1 amide bonds. The maximum atomic E-state index is 11.9. The third-order valence-electron chi connectivity index (χ3n) is 3.68. The molecule has 0 fully saturated rings. The number of benzene rings is 1. The summed E-state index contributed by atoms with van der Waals surface area (Å²) in [5, 5.41) is 4.57. The number of likely N-dealkylation sites (N-methyl/N-ethyl adjacent to an activating group) is 1. The van der Waals surface area contributed by atoms with Gasteiger partial charge in [-0.3, -0.25) is 9.48 Å². The fraction of sp³-hybridized carbons (Fsp3) is 0.263. The van der Waals surface area contributed by atoms with Crippen molar-refractivity contribution in [2.24, 2.45) is 7.05 Å². The van der Waals surface area contributed by atoms with Crippen LogP contribution in [0.5, 0.6) is 0 Å². The van der Waals surface area contributed by atoms with Crippen LogP contribution in [0, 0.1) is 0 Å². The first-order chi connectivity index (χ1) is 10.9. The van der Waals surface area contributed by atoms with Crippen molar-refractivity contribution < 1.29 is 4.79 Å². The summed E-state index contributed by atoms with van der Waals surface area (Å²) in [5.74, 6) is 0.0176. The third kappa shape index (κ3) is 3.97. The maximum absolute atomic E-state index is 11.9. The predicted molar refractivity (Wildman–Crippen MR) is 94.7 cm³/mol. The SMILES string of the molecule is C/C(=C\C=C(/C)c1cc(-c2ccccc2)nn1C)C(=O)N(C)C. The number of amides is 1. The number of aryl methyl sites for hydroxylation is 1. The summed E-state index contributed by atoms with van der Waals surface area (Å²) in [6, 6.07) is 12.2. The van der Waals surface area contributed by atoms with Gasteiger partial charge in [-0.15, -0.1) is 0 Å². The number of carbonyl (C=O) groups is 1. The summed E-state index contributed by atoms with van der Waals surface area (Å²) in [6.45, 7) is 3.85. The van der Waals surface area contributed by atoms with Crippen molar-refractivity contribution >= 4 is 11.5 Å². The summed E-state index contributed by atoms with van der Waals surface area (Å²) in [7, 11) is 5.44. The van der Waals surface area contributed by atoms with E-state index in [1.54, 1.807) is 19.0 Å². The molecule has 0 bridgehead atoms. The van der Waals surface area contributed by atoms with Gasteiger partial charge in [0.15, 0.2) is 0 Å². The minimum Gasteiger partial charge on any atom is -0.345 e. The van der Waals surface area contributed by atoms with Crippen molar-refractivity contribution in [1.29, 1.82) is 0 Å². The van der Waals surface area contributed by atoms with Crippen molar-refractivity contribution in [3.8, 4) is 11.3 Å². The zero-order valence-electron chi connectivity index (χ0n) is 14.4. The Bertz CT molecular complexity index is 752. The summed E-state index contributed by atoms with van der Waals surface area (Å²) >= 11 is 0. The van der Waals surface area contributed by atoms with E-state index >= 15 is 0 Å². The predicted octanol–water partition coefficient (Wildman–Crippen LogP) is 3.52. The Morgan fingerprint density at radius 1 is 1.13 bits per heavy atom. The molecule has 0 aliphatic carbocycles. The Balaban J connectivity index is 2.28. The fourth-order valence-electron chi connectivity index (χ4n) is 2.35. The maximum Gasteiger partial charge on any atom is 0.248 e. The average Bonchev–Trinajstić information content (AvgIpc) is 2.94. The Morgan fingerprint density at radius 2 is 1.78 bits per heavy atom. The molecule has 1 heterocycles. The van der Waals surface area contributed by atoms with Gasteiger partial charge in [-0.05, 0) is 25.5 Å². The molecule has 0 atom stereocenters. The largest absolute Gasteiger partial charge is 0.345 e. The quantitative estimate of drug-likeness (QED) is 0.640. The van der Waals surface area contributed by atoms with Gasteiger partial charge in [-0.25, -0.2) is 0 Å². The van der Waals surface area contributed by atoms with E-state index in [-0.39, 0.29) is 5.91 Å². The van der Waals surface area contributed by atoms with Crippen molar-refractivity contribution in [3.63, 3.8) is 0 Å². The Labute approximate surface area is 137 Å². The molecule has 0 aliphatic rings. The highest BCUT2D eigenvalue weighted by Crippen LogP contribution is 2.22. The van der Waals surface area contributed by atoms with Crippen LogP contribution in [0.15, 0.2) is 54.1 Å². The summed E-state index contributed by atoms with van der Waals surface area (Å²) in [4.78, 5) is 13.4. The van der Waals surface area contributed by atoms with Gasteiger partial charge in [0.1, 0.15) is 0 Å². The smallest absolute Gasteiger partial charge is 0.248 e. The molecule has 0 N–H and O–H groups in total. The monoisotopic (exact) mass is 309 g/mol. The molecule has 0 aliphatic heterocycles. The van der Waals surface area contributed by atoms with E-state index in [1.165, 1.54) is 0 Å². The summed E-state index contributed by atoms with van der Waals surface area (Å²) in [6.07, 6.45) is 3.81. The number of rotatable bonds is 4. The van der Waals surface area contributed by atoms with Crippen LogP contribution < -0.4 is 0 Å². The van der Waals surface area contributed by atoms with Crippen molar-refractivity contribution in [2.45, 2.75) is 13.8 Å². The summed E-state index contributed by atoms with van der Waals surface area (Å²) < 4.78 is 1.87. The number of hydrogen-bond acceptors (Lipinski definition) is 2. The molecule has 0 saturated carbocycles. The lowest BCUT2D eigenvalue weighted by Gasteiger charge is -2.09. The molecule has 4 nitrogen and oxygen atoms in total. The topological polar surface area (TPSA) is 38.1 Å². The lowest BCUT2D eigenvalue weighted by Crippen LogP contribution is -2.22. The Hall–Kier alpha value is -2.62. The van der Waals surface area contributed by atoms with E-state index in [9.17, 15) is 4.79 Å².